The van der Waals surface area contributed by atoms with Crippen LogP contribution >= 0.6 is 11.6 Å². The quantitative estimate of drug-likeness (QED) is 0.618. The van der Waals surface area contributed by atoms with Gasteiger partial charge in [-0.15, -0.1) is 0 Å². The van der Waals surface area contributed by atoms with Crippen molar-refractivity contribution < 1.29 is 9.72 Å². The Morgan fingerprint density at radius 3 is 2.50 bits per heavy atom. The zero-order valence-electron chi connectivity index (χ0n) is 10.4. The first-order valence-corrected chi connectivity index (χ1v) is 5.56. The van der Waals surface area contributed by atoms with E-state index in [1.165, 1.54) is 30.1 Å². The average Bonchev–Trinajstić information content (AvgIpc) is 2.27. The summed E-state index contributed by atoms with van der Waals surface area (Å²) in [6, 6.07) is 4.00. The Bertz CT molecular complexity index is 477. The average molecular weight is 272 g/mol. The highest BCUT2D eigenvalue weighted by atomic mass is 35.5. The third-order valence-corrected chi connectivity index (χ3v) is 2.65. The third-order valence-electron chi connectivity index (χ3n) is 2.33. The van der Waals surface area contributed by atoms with Crippen LogP contribution in [0.5, 0.6) is 0 Å². The van der Waals surface area contributed by atoms with E-state index in [0.29, 0.717) is 10.7 Å². The SMILES string of the molecule is CN(C)CC(=O)N(C)c1cc([N+](=O)[O-])ccc1Cl. The van der Waals surface area contributed by atoms with E-state index in [1.54, 1.807) is 19.0 Å². The van der Waals surface area contributed by atoms with Crippen LogP contribution in [0.4, 0.5) is 11.4 Å². The molecular weight excluding hydrogens is 258 g/mol. The highest BCUT2D eigenvalue weighted by Gasteiger charge is 2.17. The van der Waals surface area contributed by atoms with Gasteiger partial charge in [-0.1, -0.05) is 11.6 Å². The van der Waals surface area contributed by atoms with Crippen LogP contribution < -0.4 is 4.90 Å². The number of amides is 1. The van der Waals surface area contributed by atoms with Crippen molar-refractivity contribution in [3.63, 3.8) is 0 Å². The van der Waals surface area contributed by atoms with Gasteiger partial charge in [0.05, 0.1) is 22.2 Å². The molecule has 0 unspecified atom stereocenters. The van der Waals surface area contributed by atoms with E-state index in [0.717, 1.165) is 0 Å². The summed E-state index contributed by atoms with van der Waals surface area (Å²) in [5, 5.41) is 11.0. The number of rotatable bonds is 4. The smallest absolute Gasteiger partial charge is 0.271 e. The van der Waals surface area contributed by atoms with Gasteiger partial charge < -0.3 is 9.80 Å². The third kappa shape index (κ3) is 3.41. The first-order valence-electron chi connectivity index (χ1n) is 5.18. The summed E-state index contributed by atoms with van der Waals surface area (Å²) < 4.78 is 0. The number of likely N-dealkylation sites (N-methyl/N-ethyl adjacent to an activating group) is 2. The van der Waals surface area contributed by atoms with Gasteiger partial charge in [0.25, 0.3) is 5.69 Å². The number of non-ortho nitro benzene ring substituents is 1. The van der Waals surface area contributed by atoms with Crippen LogP contribution in [0.2, 0.25) is 5.02 Å². The number of hydrogen-bond acceptors (Lipinski definition) is 4. The number of benzene rings is 1. The second-order valence-corrected chi connectivity index (χ2v) is 4.49. The molecule has 0 atom stereocenters. The topological polar surface area (TPSA) is 66.7 Å². The Kier molecular flexibility index (Phi) is 4.63. The van der Waals surface area contributed by atoms with E-state index < -0.39 is 4.92 Å². The Hall–Kier alpha value is -1.66. The van der Waals surface area contributed by atoms with E-state index in [-0.39, 0.29) is 18.1 Å². The summed E-state index contributed by atoms with van der Waals surface area (Å²) in [6.45, 7) is 0.204. The lowest BCUT2D eigenvalue weighted by Crippen LogP contribution is -2.35. The van der Waals surface area contributed by atoms with Crippen molar-refractivity contribution in [2.24, 2.45) is 0 Å². The van der Waals surface area contributed by atoms with Crippen LogP contribution in [0.1, 0.15) is 0 Å². The molecule has 0 bridgehead atoms. The van der Waals surface area contributed by atoms with Crippen LogP contribution in [0.15, 0.2) is 18.2 Å². The molecule has 1 rings (SSSR count). The predicted octanol–water partition coefficient (Wildman–Crippen LogP) is 1.77. The van der Waals surface area contributed by atoms with Gasteiger partial charge in [0.15, 0.2) is 0 Å². The van der Waals surface area contributed by atoms with E-state index in [1.807, 2.05) is 0 Å². The van der Waals surface area contributed by atoms with Gasteiger partial charge in [-0.3, -0.25) is 14.9 Å². The van der Waals surface area contributed by atoms with Crippen molar-refractivity contribution in [1.82, 2.24) is 4.90 Å². The fourth-order valence-corrected chi connectivity index (χ4v) is 1.63. The summed E-state index contributed by atoms with van der Waals surface area (Å²) in [5.74, 6) is -0.192. The lowest BCUT2D eigenvalue weighted by Gasteiger charge is -2.20. The molecule has 1 aromatic carbocycles. The maximum absolute atomic E-state index is 11.8. The molecule has 0 spiro atoms. The number of halogens is 1. The Morgan fingerprint density at radius 2 is 2.00 bits per heavy atom. The first kappa shape index (κ1) is 14.4. The number of nitro benzene ring substituents is 1. The molecule has 0 fully saturated rings. The number of carbonyl (C=O) groups excluding carboxylic acids is 1. The molecule has 0 saturated heterocycles. The summed E-state index contributed by atoms with van der Waals surface area (Å²) in [5.41, 5.74) is 0.233. The number of hydrogen-bond donors (Lipinski definition) is 0. The minimum atomic E-state index is -0.524. The van der Waals surface area contributed by atoms with Crippen molar-refractivity contribution in [2.45, 2.75) is 0 Å². The Balaban J connectivity index is 3.04. The van der Waals surface area contributed by atoms with Crippen LogP contribution in [0.25, 0.3) is 0 Å². The van der Waals surface area contributed by atoms with Gasteiger partial charge in [-0.2, -0.15) is 0 Å². The molecule has 0 heterocycles. The summed E-state index contributed by atoms with van der Waals surface area (Å²) >= 11 is 5.95. The molecule has 0 aliphatic heterocycles. The molecule has 18 heavy (non-hydrogen) atoms. The van der Waals surface area contributed by atoms with Gasteiger partial charge in [0, 0.05) is 19.2 Å². The number of nitrogens with zero attached hydrogens (tertiary/aromatic N) is 3. The lowest BCUT2D eigenvalue weighted by molar-refractivity contribution is -0.384. The molecule has 98 valence electrons. The number of carbonyl (C=O) groups is 1. The van der Waals surface area contributed by atoms with Crippen molar-refractivity contribution >= 4 is 28.9 Å². The van der Waals surface area contributed by atoms with E-state index in [2.05, 4.69) is 0 Å². The standard InChI is InChI=1S/C11H14ClN3O3/c1-13(2)7-11(16)14(3)10-6-8(15(17)18)4-5-9(10)12/h4-6H,7H2,1-3H3. The molecule has 0 saturated carbocycles. The fourth-order valence-electron chi connectivity index (χ4n) is 1.38. The summed E-state index contributed by atoms with van der Waals surface area (Å²) in [7, 11) is 5.07. The maximum atomic E-state index is 11.8. The van der Waals surface area contributed by atoms with Crippen LogP contribution in [-0.2, 0) is 4.79 Å². The first-order chi connectivity index (χ1) is 8.32. The Morgan fingerprint density at radius 1 is 1.39 bits per heavy atom. The van der Waals surface area contributed by atoms with Gasteiger partial charge in [-0.25, -0.2) is 0 Å². The van der Waals surface area contributed by atoms with Crippen LogP contribution in [-0.4, -0.2) is 43.4 Å². The van der Waals surface area contributed by atoms with Gasteiger partial charge in [0.1, 0.15) is 0 Å². The molecular formula is C11H14ClN3O3. The molecule has 0 radical (unpaired) electrons. The van der Waals surface area contributed by atoms with Crippen molar-refractivity contribution in [3.8, 4) is 0 Å². The number of anilines is 1. The van der Waals surface area contributed by atoms with E-state index >= 15 is 0 Å². The largest absolute Gasteiger partial charge is 0.313 e. The molecule has 0 N–H and O–H groups in total. The fraction of sp³-hybridized carbons (Fsp3) is 0.364. The number of nitro groups is 1. The lowest BCUT2D eigenvalue weighted by atomic mass is 10.2. The maximum Gasteiger partial charge on any atom is 0.271 e. The van der Waals surface area contributed by atoms with E-state index in [9.17, 15) is 14.9 Å². The summed E-state index contributed by atoms with van der Waals surface area (Å²) in [4.78, 5) is 25.0. The summed E-state index contributed by atoms with van der Waals surface area (Å²) in [6.07, 6.45) is 0. The normalized spacial score (nSPS) is 10.5. The van der Waals surface area contributed by atoms with E-state index in [4.69, 9.17) is 11.6 Å². The zero-order valence-corrected chi connectivity index (χ0v) is 11.1. The zero-order chi connectivity index (χ0) is 13.9. The second-order valence-electron chi connectivity index (χ2n) is 4.08. The van der Waals surface area contributed by atoms with Crippen molar-refractivity contribution in [3.05, 3.63) is 33.3 Å². The molecule has 0 aromatic heterocycles. The van der Waals surface area contributed by atoms with Crippen molar-refractivity contribution in [1.29, 1.82) is 0 Å². The molecule has 7 heteroatoms. The minimum absolute atomic E-state index is 0.0982. The highest BCUT2D eigenvalue weighted by Crippen LogP contribution is 2.29. The van der Waals surface area contributed by atoms with Gasteiger partial charge in [-0.05, 0) is 20.2 Å². The monoisotopic (exact) mass is 271 g/mol. The molecule has 0 aliphatic rings. The highest BCUT2D eigenvalue weighted by molar-refractivity contribution is 6.33. The van der Waals surface area contributed by atoms with Crippen LogP contribution in [0, 0.1) is 10.1 Å². The molecule has 1 aromatic rings. The van der Waals surface area contributed by atoms with Gasteiger partial charge >= 0.3 is 0 Å². The van der Waals surface area contributed by atoms with Crippen LogP contribution in [0.3, 0.4) is 0 Å². The molecule has 1 amide bonds. The Labute approximate surface area is 110 Å². The predicted molar refractivity (Wildman–Crippen MR) is 70.1 cm³/mol. The minimum Gasteiger partial charge on any atom is -0.313 e. The second kappa shape index (κ2) is 5.79. The molecule has 6 nitrogen and oxygen atoms in total. The van der Waals surface area contributed by atoms with Crippen molar-refractivity contribution in [2.75, 3.05) is 32.6 Å². The van der Waals surface area contributed by atoms with Gasteiger partial charge in [0.2, 0.25) is 5.91 Å². The molecule has 0 aliphatic carbocycles.